The standard InChI is InChI=1S/C28H28N2O5S/c1-32-24-15-9-8-14-22(24)26(31)29-19-28(20-10-4-2-5-11-20)17-16-23-25(18-28)33-30-27(23)36-35-34-21-12-6-3-7-13-21/h2-15,23,25H,16-19H2,1H3,(H,29,31). The van der Waals surface area contributed by atoms with Gasteiger partial charge in [-0.3, -0.25) is 4.79 Å². The molecule has 1 saturated carbocycles. The second-order valence-corrected chi connectivity index (χ2v) is 9.72. The van der Waals surface area contributed by atoms with Gasteiger partial charge in [0.2, 0.25) is 0 Å². The Balaban J connectivity index is 1.26. The molecule has 3 unspecified atom stereocenters. The largest absolute Gasteiger partial charge is 0.496 e. The van der Waals surface area contributed by atoms with Gasteiger partial charge in [-0.25, -0.2) is 0 Å². The topological polar surface area (TPSA) is 78.4 Å². The van der Waals surface area contributed by atoms with Crippen LogP contribution in [0.4, 0.5) is 0 Å². The first-order valence-corrected chi connectivity index (χ1v) is 12.7. The average Bonchev–Trinajstić information content (AvgIpc) is 3.34. The summed E-state index contributed by atoms with van der Waals surface area (Å²) in [5.41, 5.74) is 1.42. The van der Waals surface area contributed by atoms with E-state index in [1.165, 1.54) is 5.56 Å². The maximum Gasteiger partial charge on any atom is 0.255 e. The first-order valence-electron chi connectivity index (χ1n) is 12.0. The lowest BCUT2D eigenvalue weighted by molar-refractivity contribution is -0.0760. The number of hydrogen-bond donors (Lipinski definition) is 1. The quantitative estimate of drug-likeness (QED) is 0.247. The van der Waals surface area contributed by atoms with Gasteiger partial charge in [0.25, 0.3) is 5.91 Å². The zero-order valence-electron chi connectivity index (χ0n) is 20.0. The van der Waals surface area contributed by atoms with Crippen LogP contribution in [0.1, 0.15) is 35.2 Å². The summed E-state index contributed by atoms with van der Waals surface area (Å²) in [5.74, 6) is 1.14. The van der Waals surface area contributed by atoms with Crippen LogP contribution < -0.4 is 14.9 Å². The third kappa shape index (κ3) is 5.20. The number of nitrogens with one attached hydrogen (secondary N) is 1. The lowest BCUT2D eigenvalue weighted by atomic mass is 9.65. The highest BCUT2D eigenvalue weighted by atomic mass is 32.2. The number of carbonyl (C=O) groups excluding carboxylic acids is 1. The summed E-state index contributed by atoms with van der Waals surface area (Å²) in [4.78, 5) is 24.3. The van der Waals surface area contributed by atoms with E-state index in [0.717, 1.165) is 36.3 Å². The fourth-order valence-corrected chi connectivity index (χ4v) is 5.61. The molecule has 8 heteroatoms. The Labute approximate surface area is 214 Å². The molecule has 1 aliphatic carbocycles. The van der Waals surface area contributed by atoms with Gasteiger partial charge in [-0.2, -0.15) is 0 Å². The van der Waals surface area contributed by atoms with Gasteiger partial charge in [0.05, 0.1) is 18.6 Å². The smallest absolute Gasteiger partial charge is 0.255 e. The lowest BCUT2D eigenvalue weighted by Crippen LogP contribution is -2.48. The van der Waals surface area contributed by atoms with E-state index in [2.05, 4.69) is 22.6 Å². The summed E-state index contributed by atoms with van der Waals surface area (Å²) in [6.45, 7) is 0.483. The van der Waals surface area contributed by atoms with Gasteiger partial charge in [-0.15, -0.1) is 4.33 Å². The number of rotatable bonds is 8. The Bertz CT molecular complexity index is 1210. The molecule has 2 aliphatic rings. The number of carbonyl (C=O) groups is 1. The van der Waals surface area contributed by atoms with Gasteiger partial charge in [0.1, 0.15) is 23.9 Å². The van der Waals surface area contributed by atoms with Crippen molar-refractivity contribution in [3.8, 4) is 11.5 Å². The molecule has 1 fully saturated rings. The van der Waals surface area contributed by atoms with Crippen molar-refractivity contribution in [3.05, 3.63) is 96.1 Å². The SMILES string of the molecule is COc1ccccc1C(=O)NCC1(c2ccccc2)CCC2C(SOOc3ccccc3)=NOC2C1. The zero-order chi connectivity index (χ0) is 24.8. The van der Waals surface area contributed by atoms with Gasteiger partial charge in [-0.05, 0) is 49.1 Å². The fraction of sp³-hybridized carbons (Fsp3) is 0.286. The fourth-order valence-electron chi connectivity index (χ4n) is 4.97. The van der Waals surface area contributed by atoms with Crippen molar-refractivity contribution >= 4 is 23.0 Å². The second-order valence-electron chi connectivity index (χ2n) is 9.00. The number of hydrogen-bond acceptors (Lipinski definition) is 7. The number of benzene rings is 3. The number of para-hydroxylation sites is 2. The Morgan fingerprint density at radius 1 is 1.06 bits per heavy atom. The maximum absolute atomic E-state index is 13.1. The van der Waals surface area contributed by atoms with E-state index in [1.807, 2.05) is 60.7 Å². The molecule has 1 amide bonds. The molecule has 0 bridgehead atoms. The summed E-state index contributed by atoms with van der Waals surface area (Å²) < 4.78 is 10.8. The van der Waals surface area contributed by atoms with E-state index in [4.69, 9.17) is 18.8 Å². The third-order valence-electron chi connectivity index (χ3n) is 6.89. The van der Waals surface area contributed by atoms with Crippen molar-refractivity contribution in [3.63, 3.8) is 0 Å². The van der Waals surface area contributed by atoms with Crippen LogP contribution in [0.15, 0.2) is 90.1 Å². The van der Waals surface area contributed by atoms with E-state index in [0.29, 0.717) is 23.6 Å². The Hall–Kier alpha value is -3.49. The van der Waals surface area contributed by atoms with Gasteiger partial charge >= 0.3 is 0 Å². The van der Waals surface area contributed by atoms with Gasteiger partial charge < -0.3 is 19.8 Å². The van der Waals surface area contributed by atoms with E-state index < -0.39 is 0 Å². The van der Waals surface area contributed by atoms with Crippen molar-refractivity contribution in [2.24, 2.45) is 11.1 Å². The van der Waals surface area contributed by atoms with Gasteiger partial charge in [-0.1, -0.05) is 65.8 Å². The van der Waals surface area contributed by atoms with E-state index in [-0.39, 0.29) is 23.3 Å². The minimum absolute atomic E-state index is 0.107. The summed E-state index contributed by atoms with van der Waals surface area (Å²) in [6.07, 6.45) is 2.34. The molecule has 1 aliphatic heterocycles. The number of amides is 1. The Kier molecular flexibility index (Phi) is 7.44. The molecule has 1 N–H and O–H groups in total. The first kappa shape index (κ1) is 24.2. The van der Waals surface area contributed by atoms with Crippen molar-refractivity contribution < 1.29 is 23.6 Å². The Morgan fingerprint density at radius 2 is 1.78 bits per heavy atom. The number of methoxy groups -OCH3 is 1. The molecule has 0 radical (unpaired) electrons. The van der Waals surface area contributed by atoms with Gasteiger partial charge in [0.15, 0.2) is 10.8 Å². The molecule has 0 aromatic heterocycles. The molecule has 0 spiro atoms. The van der Waals surface area contributed by atoms with Crippen LogP contribution in [-0.4, -0.2) is 30.7 Å². The summed E-state index contributed by atoms with van der Waals surface area (Å²) in [6, 6.07) is 26.9. The molecular formula is C28H28N2O5S. The van der Waals surface area contributed by atoms with Crippen molar-refractivity contribution in [1.82, 2.24) is 5.32 Å². The van der Waals surface area contributed by atoms with Gasteiger partial charge in [0, 0.05) is 12.0 Å². The van der Waals surface area contributed by atoms with E-state index in [1.54, 1.807) is 19.2 Å². The number of nitrogens with zero attached hydrogens (tertiary/aromatic N) is 1. The predicted octanol–water partition coefficient (Wildman–Crippen LogP) is 5.53. The highest BCUT2D eigenvalue weighted by Crippen LogP contribution is 2.46. The van der Waals surface area contributed by atoms with Crippen LogP contribution in [0.2, 0.25) is 0 Å². The number of ether oxygens (including phenoxy) is 1. The molecule has 0 saturated heterocycles. The monoisotopic (exact) mass is 504 g/mol. The second kappa shape index (κ2) is 11.1. The van der Waals surface area contributed by atoms with Crippen molar-refractivity contribution in [2.75, 3.05) is 13.7 Å². The molecule has 1 heterocycles. The number of fused-ring (bicyclic) bond motifs is 1. The average molecular weight is 505 g/mol. The van der Waals surface area contributed by atoms with E-state index >= 15 is 0 Å². The van der Waals surface area contributed by atoms with Crippen LogP contribution >= 0.6 is 12.0 Å². The Morgan fingerprint density at radius 3 is 2.56 bits per heavy atom. The molecule has 5 rings (SSSR count). The normalized spacial score (nSPS) is 22.6. The van der Waals surface area contributed by atoms with Crippen LogP contribution in [0.3, 0.4) is 0 Å². The molecule has 7 nitrogen and oxygen atoms in total. The molecule has 3 aromatic rings. The lowest BCUT2D eigenvalue weighted by Gasteiger charge is -2.42. The van der Waals surface area contributed by atoms with Crippen LogP contribution in [0.25, 0.3) is 0 Å². The maximum atomic E-state index is 13.1. The molecule has 3 aromatic carbocycles. The van der Waals surface area contributed by atoms with Crippen LogP contribution in [0, 0.1) is 5.92 Å². The molecular weight excluding hydrogens is 476 g/mol. The highest BCUT2D eigenvalue weighted by molar-refractivity contribution is 8.09. The number of oxime groups is 1. The predicted molar refractivity (Wildman–Crippen MR) is 139 cm³/mol. The molecule has 186 valence electrons. The zero-order valence-corrected chi connectivity index (χ0v) is 20.8. The van der Waals surface area contributed by atoms with Crippen molar-refractivity contribution in [1.29, 1.82) is 0 Å². The summed E-state index contributed by atoms with van der Waals surface area (Å²) >= 11 is 1.10. The van der Waals surface area contributed by atoms with Crippen LogP contribution in [-0.2, 0) is 14.6 Å². The minimum Gasteiger partial charge on any atom is -0.496 e. The van der Waals surface area contributed by atoms with E-state index in [9.17, 15) is 4.79 Å². The highest BCUT2D eigenvalue weighted by Gasteiger charge is 2.48. The molecule has 36 heavy (non-hydrogen) atoms. The van der Waals surface area contributed by atoms with Crippen molar-refractivity contribution in [2.45, 2.75) is 30.8 Å². The molecule has 3 atom stereocenters. The summed E-state index contributed by atoms with van der Waals surface area (Å²) in [5, 5.41) is 8.25. The third-order valence-corrected chi connectivity index (χ3v) is 7.57. The first-order chi connectivity index (χ1) is 17.7. The summed E-state index contributed by atoms with van der Waals surface area (Å²) in [7, 11) is 1.57. The minimum atomic E-state index is -0.281. The van der Waals surface area contributed by atoms with Crippen LogP contribution in [0.5, 0.6) is 11.5 Å².